The predicted molar refractivity (Wildman–Crippen MR) is 62.9 cm³/mol. The van der Waals surface area contributed by atoms with Crippen LogP contribution in [-0.2, 0) is 4.79 Å². The second-order valence-corrected chi connectivity index (χ2v) is 6.15. The van der Waals surface area contributed by atoms with Crippen molar-refractivity contribution >= 4 is 5.91 Å². The molecule has 92 valence electrons. The van der Waals surface area contributed by atoms with Crippen molar-refractivity contribution in [3.05, 3.63) is 0 Å². The molecule has 1 heterocycles. The van der Waals surface area contributed by atoms with Gasteiger partial charge in [0.2, 0.25) is 5.91 Å². The number of carbonyl (C=O) groups excluding carboxylic acids is 1. The summed E-state index contributed by atoms with van der Waals surface area (Å²) >= 11 is 0. The fraction of sp³-hybridized carbons (Fsp3) is 0.923. The SMILES string of the molecule is CC(O)C1CCN(C(=O)C2CC2(C)C)CC1. The van der Waals surface area contributed by atoms with Crippen molar-refractivity contribution in [2.24, 2.45) is 17.3 Å². The van der Waals surface area contributed by atoms with E-state index in [0.29, 0.717) is 11.8 Å². The van der Waals surface area contributed by atoms with Gasteiger partial charge in [0.05, 0.1) is 6.10 Å². The minimum absolute atomic E-state index is 0.227. The summed E-state index contributed by atoms with van der Waals surface area (Å²) in [5.74, 6) is 0.987. The molecule has 0 spiro atoms. The maximum atomic E-state index is 12.1. The number of piperidine rings is 1. The van der Waals surface area contributed by atoms with Crippen LogP contribution in [0.5, 0.6) is 0 Å². The standard InChI is InChI=1S/C13H23NO2/c1-9(15)10-4-6-14(7-5-10)12(16)11-8-13(11,2)3/h9-11,15H,4-8H2,1-3H3. The monoisotopic (exact) mass is 225 g/mol. The Morgan fingerprint density at radius 1 is 1.38 bits per heavy atom. The van der Waals surface area contributed by atoms with E-state index in [0.717, 1.165) is 32.4 Å². The van der Waals surface area contributed by atoms with E-state index in [1.807, 2.05) is 11.8 Å². The molecule has 3 nitrogen and oxygen atoms in total. The summed E-state index contributed by atoms with van der Waals surface area (Å²) in [6.07, 6.45) is 2.73. The van der Waals surface area contributed by atoms with Gasteiger partial charge in [-0.1, -0.05) is 13.8 Å². The summed E-state index contributed by atoms with van der Waals surface area (Å²) in [5.41, 5.74) is 0.234. The molecule has 0 bridgehead atoms. The molecule has 2 fully saturated rings. The molecule has 2 rings (SSSR count). The van der Waals surface area contributed by atoms with Crippen molar-refractivity contribution in [3.63, 3.8) is 0 Å². The van der Waals surface area contributed by atoms with E-state index in [4.69, 9.17) is 0 Å². The summed E-state index contributed by atoms with van der Waals surface area (Å²) in [5, 5.41) is 9.50. The molecule has 1 saturated carbocycles. The van der Waals surface area contributed by atoms with Gasteiger partial charge in [0.15, 0.2) is 0 Å². The summed E-state index contributed by atoms with van der Waals surface area (Å²) in [6.45, 7) is 7.85. The van der Waals surface area contributed by atoms with Crippen molar-refractivity contribution in [2.75, 3.05) is 13.1 Å². The van der Waals surface area contributed by atoms with Gasteiger partial charge in [-0.05, 0) is 37.5 Å². The second-order valence-electron chi connectivity index (χ2n) is 6.15. The number of aliphatic hydroxyl groups is 1. The lowest BCUT2D eigenvalue weighted by atomic mass is 9.92. The lowest BCUT2D eigenvalue weighted by molar-refractivity contribution is -0.135. The molecular weight excluding hydrogens is 202 g/mol. The predicted octanol–water partition coefficient (Wildman–Crippen LogP) is 1.65. The largest absolute Gasteiger partial charge is 0.393 e. The summed E-state index contributed by atoms with van der Waals surface area (Å²) < 4.78 is 0. The van der Waals surface area contributed by atoms with Crippen LogP contribution in [-0.4, -0.2) is 35.1 Å². The van der Waals surface area contributed by atoms with E-state index in [2.05, 4.69) is 13.8 Å². The lowest BCUT2D eigenvalue weighted by Crippen LogP contribution is -2.41. The van der Waals surface area contributed by atoms with Gasteiger partial charge in [0.1, 0.15) is 0 Å². The van der Waals surface area contributed by atoms with Gasteiger partial charge in [-0.15, -0.1) is 0 Å². The smallest absolute Gasteiger partial charge is 0.226 e. The van der Waals surface area contributed by atoms with Crippen molar-refractivity contribution in [2.45, 2.75) is 46.1 Å². The maximum absolute atomic E-state index is 12.1. The highest BCUT2D eigenvalue weighted by Gasteiger charge is 2.52. The topological polar surface area (TPSA) is 40.5 Å². The molecule has 1 N–H and O–H groups in total. The van der Waals surface area contributed by atoms with Crippen LogP contribution in [0.3, 0.4) is 0 Å². The number of hydrogen-bond donors (Lipinski definition) is 1. The van der Waals surface area contributed by atoms with Crippen LogP contribution in [0.25, 0.3) is 0 Å². The first kappa shape index (κ1) is 11.9. The first-order chi connectivity index (χ1) is 7.42. The molecule has 0 aromatic carbocycles. The first-order valence-electron chi connectivity index (χ1n) is 6.38. The van der Waals surface area contributed by atoms with Crippen LogP contribution in [0.2, 0.25) is 0 Å². The fourth-order valence-corrected chi connectivity index (χ4v) is 2.71. The normalized spacial score (nSPS) is 31.2. The molecule has 0 radical (unpaired) electrons. The van der Waals surface area contributed by atoms with Gasteiger partial charge >= 0.3 is 0 Å². The van der Waals surface area contributed by atoms with Gasteiger partial charge in [-0.2, -0.15) is 0 Å². The van der Waals surface area contributed by atoms with E-state index in [1.54, 1.807) is 0 Å². The molecule has 1 amide bonds. The number of carbonyl (C=O) groups is 1. The van der Waals surface area contributed by atoms with Crippen LogP contribution in [0.15, 0.2) is 0 Å². The van der Waals surface area contributed by atoms with Crippen LogP contribution in [0.4, 0.5) is 0 Å². The van der Waals surface area contributed by atoms with E-state index in [-0.39, 0.29) is 17.4 Å². The second kappa shape index (κ2) is 4.02. The molecule has 3 heteroatoms. The number of aliphatic hydroxyl groups excluding tert-OH is 1. The Balaban J connectivity index is 1.83. The zero-order chi connectivity index (χ0) is 11.9. The molecule has 2 unspecified atom stereocenters. The van der Waals surface area contributed by atoms with E-state index in [1.165, 1.54) is 0 Å². The number of nitrogens with zero attached hydrogens (tertiary/aromatic N) is 1. The van der Waals surface area contributed by atoms with E-state index < -0.39 is 0 Å². The van der Waals surface area contributed by atoms with Crippen LogP contribution in [0, 0.1) is 17.3 Å². The Bertz CT molecular complexity index is 278. The van der Waals surface area contributed by atoms with Crippen LogP contribution >= 0.6 is 0 Å². The Morgan fingerprint density at radius 3 is 2.25 bits per heavy atom. The number of hydrogen-bond acceptors (Lipinski definition) is 2. The molecule has 1 aliphatic heterocycles. The van der Waals surface area contributed by atoms with E-state index in [9.17, 15) is 9.90 Å². The molecule has 0 aromatic heterocycles. The lowest BCUT2D eigenvalue weighted by Gasteiger charge is -2.33. The minimum Gasteiger partial charge on any atom is -0.393 e. The Morgan fingerprint density at radius 2 is 1.88 bits per heavy atom. The highest BCUT2D eigenvalue weighted by molar-refractivity contribution is 5.82. The van der Waals surface area contributed by atoms with Gasteiger partial charge in [0, 0.05) is 19.0 Å². The van der Waals surface area contributed by atoms with Crippen LogP contribution in [0.1, 0.15) is 40.0 Å². The third-order valence-electron chi connectivity index (χ3n) is 4.35. The Hall–Kier alpha value is -0.570. The van der Waals surface area contributed by atoms with Crippen molar-refractivity contribution in [1.82, 2.24) is 4.90 Å². The van der Waals surface area contributed by atoms with Gasteiger partial charge in [-0.3, -0.25) is 4.79 Å². The molecule has 0 aromatic rings. The highest BCUT2D eigenvalue weighted by atomic mass is 16.3. The molecular formula is C13H23NO2. The van der Waals surface area contributed by atoms with Gasteiger partial charge < -0.3 is 10.0 Å². The average Bonchev–Trinajstić information content (AvgIpc) is 2.87. The number of amides is 1. The molecule has 2 aliphatic rings. The summed E-state index contributed by atoms with van der Waals surface area (Å²) in [4.78, 5) is 14.1. The molecule has 16 heavy (non-hydrogen) atoms. The van der Waals surface area contributed by atoms with Gasteiger partial charge in [0.25, 0.3) is 0 Å². The third kappa shape index (κ3) is 2.24. The number of likely N-dealkylation sites (tertiary alicyclic amines) is 1. The Labute approximate surface area is 97.8 Å². The maximum Gasteiger partial charge on any atom is 0.226 e. The van der Waals surface area contributed by atoms with Gasteiger partial charge in [-0.25, -0.2) is 0 Å². The third-order valence-corrected chi connectivity index (χ3v) is 4.35. The Kier molecular flexibility index (Phi) is 2.99. The zero-order valence-corrected chi connectivity index (χ0v) is 10.6. The summed E-state index contributed by atoms with van der Waals surface area (Å²) in [6, 6.07) is 0. The van der Waals surface area contributed by atoms with Crippen molar-refractivity contribution in [3.8, 4) is 0 Å². The first-order valence-corrected chi connectivity index (χ1v) is 6.38. The molecule has 1 aliphatic carbocycles. The number of rotatable bonds is 2. The fourth-order valence-electron chi connectivity index (χ4n) is 2.71. The highest BCUT2D eigenvalue weighted by Crippen LogP contribution is 2.52. The van der Waals surface area contributed by atoms with Crippen LogP contribution < -0.4 is 0 Å². The zero-order valence-electron chi connectivity index (χ0n) is 10.6. The van der Waals surface area contributed by atoms with Crippen molar-refractivity contribution in [1.29, 1.82) is 0 Å². The minimum atomic E-state index is -0.227. The molecule has 2 atom stereocenters. The van der Waals surface area contributed by atoms with E-state index >= 15 is 0 Å². The average molecular weight is 225 g/mol. The quantitative estimate of drug-likeness (QED) is 0.776. The summed E-state index contributed by atoms with van der Waals surface area (Å²) in [7, 11) is 0. The van der Waals surface area contributed by atoms with Crippen molar-refractivity contribution < 1.29 is 9.90 Å². The molecule has 1 saturated heterocycles.